The van der Waals surface area contributed by atoms with Gasteiger partial charge in [0.1, 0.15) is 19.2 Å². The summed E-state index contributed by atoms with van der Waals surface area (Å²) in [6, 6.07) is 0. The van der Waals surface area contributed by atoms with Gasteiger partial charge in [0.25, 0.3) is 0 Å². The quantitative estimate of drug-likeness (QED) is 0.607. The zero-order chi connectivity index (χ0) is 14.0. The molecule has 0 rings (SSSR count). The van der Waals surface area contributed by atoms with Crippen molar-refractivity contribution in [3.8, 4) is 0 Å². The van der Waals surface area contributed by atoms with Crippen LogP contribution in [0.25, 0.3) is 0 Å². The van der Waals surface area contributed by atoms with Crippen molar-refractivity contribution in [2.24, 2.45) is 0 Å². The molecule has 0 aliphatic carbocycles. The maximum Gasteiger partial charge on any atom is 0.137 e. The highest BCUT2D eigenvalue weighted by Gasteiger charge is 2.07. The molecular weight excluding hydrogens is 332 g/mol. The van der Waals surface area contributed by atoms with Gasteiger partial charge in [-0.15, -0.1) is 92.8 Å². The molecule has 0 atom stereocenters. The van der Waals surface area contributed by atoms with E-state index in [9.17, 15) is 0 Å². The Kier molecular flexibility index (Phi) is 7.84. The van der Waals surface area contributed by atoms with E-state index in [1.54, 1.807) is 0 Å². The summed E-state index contributed by atoms with van der Waals surface area (Å²) in [5.41, 5.74) is 0. The summed E-state index contributed by atoms with van der Waals surface area (Å²) in [5, 5.41) is 0. The van der Waals surface area contributed by atoms with E-state index in [2.05, 4.69) is 0 Å². The van der Waals surface area contributed by atoms with Gasteiger partial charge in [-0.3, -0.25) is 0 Å². The molecule has 0 saturated carbocycles. The van der Waals surface area contributed by atoms with Crippen molar-refractivity contribution in [2.45, 2.75) is 19.2 Å². The highest BCUT2D eigenvalue weighted by molar-refractivity contribution is 6.57. The Morgan fingerprint density at radius 2 is 0.583 bits per heavy atom. The van der Waals surface area contributed by atoms with Crippen molar-refractivity contribution in [1.82, 2.24) is 0 Å². The van der Waals surface area contributed by atoms with Gasteiger partial charge in [-0.05, 0) is 0 Å². The van der Waals surface area contributed by atoms with Crippen LogP contribution in [0, 0.1) is 0 Å². The largest absolute Gasteiger partial charge is 0.137 e. The number of alkyl halides is 8. The lowest BCUT2D eigenvalue weighted by atomic mass is 10.9. The molecule has 0 N–H and O–H groups in total. The summed E-state index contributed by atoms with van der Waals surface area (Å²) in [5.74, 6) is 0. The molecule has 0 amide bonds. The van der Waals surface area contributed by atoms with Gasteiger partial charge in [-0.1, -0.05) is 0 Å². The predicted octanol–water partition coefficient (Wildman–Crippen LogP) is 5.19. The number of halogens is 8. The Hall–Kier alpha value is 2.32. The fraction of sp³-hybridized carbons (Fsp3) is 1.00. The molecule has 0 aromatic carbocycles. The van der Waals surface area contributed by atoms with E-state index < -0.39 is 19.2 Å². The summed E-state index contributed by atoms with van der Waals surface area (Å²) < 4.78 is 26.7. The van der Waals surface area contributed by atoms with E-state index >= 15 is 0 Å². The average molecular weight is 340 g/mol. The molecule has 76 valence electrons. The Balaban J connectivity index is 0. The Morgan fingerprint density at radius 1 is 0.500 bits per heavy atom. The maximum atomic E-state index is 6.66. The van der Waals surface area contributed by atoms with E-state index in [1.807, 2.05) is 0 Å². The minimum Gasteiger partial charge on any atom is -0.102 e. The van der Waals surface area contributed by atoms with Crippen LogP contribution in [0.5, 0.6) is 0 Å². The fourth-order valence-corrected chi connectivity index (χ4v) is 0. The molecule has 0 aliphatic heterocycles. The molecule has 0 aromatic heterocycles. The fourth-order valence-electron chi connectivity index (χ4n) is 0. The summed E-state index contributed by atoms with van der Waals surface area (Å²) in [7, 11) is 0. The second-order valence-corrected chi connectivity index (χ2v) is 4.84. The zero-order valence-electron chi connectivity index (χ0n) is 9.02. The molecule has 0 spiro atoms. The smallest absolute Gasteiger partial charge is 0.102 e. The van der Waals surface area contributed by atoms with Crippen LogP contribution in [0.3, 0.4) is 0 Å². The summed E-state index contributed by atoms with van der Waals surface area (Å²) in [6.45, 7) is 0. The molecule has 0 aliphatic rings. The molecule has 0 saturated heterocycles. The first-order valence-corrected chi connectivity index (χ1v) is 5.04. The Labute approximate surface area is 117 Å². The number of rotatable bonds is 2. The zero-order valence-corrected chi connectivity index (χ0v) is 11.1. The number of hydrogen-bond acceptors (Lipinski definition) is 0. The highest BCUT2D eigenvalue weighted by atomic mass is 35.5. The lowest BCUT2D eigenvalue weighted by Gasteiger charge is -1.95. The molecule has 0 nitrogen and oxygen atoms in total. The van der Waals surface area contributed by atoms with Crippen molar-refractivity contribution >= 4 is 92.8 Å². The third-order valence-corrected chi connectivity index (χ3v) is 2.57. The monoisotopic (exact) mass is 336 g/mol. The van der Waals surface area contributed by atoms with Gasteiger partial charge in [0, 0.05) is 0 Å². The number of hydrogen-bond donors (Lipinski definition) is 0. The molecule has 0 fully saturated rings. The van der Waals surface area contributed by atoms with Crippen LogP contribution in [-0.2, 0) is 0 Å². The topological polar surface area (TPSA) is 0 Å². The molecule has 0 radical (unpaired) electrons. The molecule has 12 heavy (non-hydrogen) atoms. The minimum atomic E-state index is -2.17. The van der Waals surface area contributed by atoms with Gasteiger partial charge < -0.3 is 0 Å². The van der Waals surface area contributed by atoms with Gasteiger partial charge >= 0.3 is 0 Å². The van der Waals surface area contributed by atoms with Gasteiger partial charge in [-0.25, -0.2) is 0 Å². The van der Waals surface area contributed by atoms with Crippen LogP contribution in [0.1, 0.15) is 5.48 Å². The second kappa shape index (κ2) is 9.86. The van der Waals surface area contributed by atoms with E-state index in [-0.39, 0.29) is 0 Å². The van der Waals surface area contributed by atoms with Crippen molar-refractivity contribution in [3.05, 3.63) is 0 Å². The molecule has 0 aromatic rings. The van der Waals surface area contributed by atoms with Gasteiger partial charge in [0.2, 0.25) is 0 Å². The highest BCUT2D eigenvalue weighted by Crippen LogP contribution is 2.17. The molecule has 0 unspecified atom stereocenters. The van der Waals surface area contributed by atoms with Crippen molar-refractivity contribution in [2.75, 3.05) is 0 Å². The van der Waals surface area contributed by atoms with Crippen LogP contribution in [0.2, 0.25) is 0 Å². The van der Waals surface area contributed by atoms with E-state index in [1.165, 1.54) is 0 Å². The first-order valence-electron chi connectivity index (χ1n) is 4.01. The molecule has 0 bridgehead atoms. The first kappa shape index (κ1) is 9.54. The second-order valence-electron chi connectivity index (χ2n) is 1.04. The van der Waals surface area contributed by atoms with Crippen LogP contribution < -0.4 is 0 Å². The normalized spacial score (nSPS) is 19.3. The van der Waals surface area contributed by atoms with E-state index in [4.69, 9.17) is 98.3 Å². The average Bonchev–Trinajstić information content (AvgIpc) is 1.77. The van der Waals surface area contributed by atoms with Crippen molar-refractivity contribution in [1.29, 1.82) is 0 Å². The predicted molar refractivity (Wildman–Crippen MR) is 62.0 cm³/mol. The lowest BCUT2D eigenvalue weighted by Crippen LogP contribution is -1.96. The summed E-state index contributed by atoms with van der Waals surface area (Å²) in [4.78, 5) is -8.68. The summed E-state index contributed by atoms with van der Waals surface area (Å²) in [6.07, 6.45) is 0. The third kappa shape index (κ3) is 14.8. The Morgan fingerprint density at radius 3 is 0.583 bits per heavy atom. The third-order valence-electron chi connectivity index (χ3n) is 0.286. The molecule has 8 heteroatoms. The minimum absolute atomic E-state index is 2.17. The van der Waals surface area contributed by atoms with Crippen LogP contribution in [-0.4, -0.2) is 19.2 Å². The van der Waals surface area contributed by atoms with Crippen LogP contribution in [0.15, 0.2) is 0 Å². The Bertz CT molecular complexity index is 158. The summed E-state index contributed by atoms with van der Waals surface area (Å²) >= 11 is 39.9. The van der Waals surface area contributed by atoms with Gasteiger partial charge in [-0.2, -0.15) is 0 Å². The van der Waals surface area contributed by atoms with Gasteiger partial charge in [0.05, 0.1) is 5.48 Å². The van der Waals surface area contributed by atoms with Crippen molar-refractivity contribution in [3.63, 3.8) is 0 Å². The molecular formula is C4H4Cl8. The molecule has 0 heterocycles. The van der Waals surface area contributed by atoms with E-state index in [0.717, 1.165) is 0 Å². The maximum absolute atomic E-state index is 6.66. The SMILES string of the molecule is [2H]C(Cl)(Cl)C([2H])(Cl)Cl.[2H]C(Cl)(Cl)C([2H])(Cl)Cl. The van der Waals surface area contributed by atoms with E-state index in [0.29, 0.717) is 0 Å². The lowest BCUT2D eigenvalue weighted by molar-refractivity contribution is 1.29. The van der Waals surface area contributed by atoms with Gasteiger partial charge in [0.15, 0.2) is 0 Å². The standard InChI is InChI=1S/2C2H2Cl4/c2*3-1(4)2(5)6/h2*1-2H/i2*1D,2D. The van der Waals surface area contributed by atoms with Crippen LogP contribution in [0.4, 0.5) is 0 Å². The first-order chi connectivity index (χ1) is 6.50. The van der Waals surface area contributed by atoms with Crippen molar-refractivity contribution < 1.29 is 5.48 Å². The van der Waals surface area contributed by atoms with Crippen LogP contribution >= 0.6 is 92.8 Å².